The quantitative estimate of drug-likeness (QED) is 0.430. The number of aryl methyl sites for hydroxylation is 1. The van der Waals surface area contributed by atoms with E-state index in [1.54, 1.807) is 6.20 Å². The van der Waals surface area contributed by atoms with Crippen molar-refractivity contribution in [3.8, 4) is 11.5 Å². The average molecular weight is 585 g/mol. The molecule has 1 aromatic heterocycles. The van der Waals surface area contributed by atoms with Gasteiger partial charge in [-0.1, -0.05) is 44.7 Å². The van der Waals surface area contributed by atoms with Crippen LogP contribution in [-0.2, 0) is 16.1 Å². The molecule has 2 amide bonds. The number of halogens is 1. The van der Waals surface area contributed by atoms with E-state index in [0.29, 0.717) is 25.1 Å². The lowest BCUT2D eigenvalue weighted by atomic mass is 9.78. The van der Waals surface area contributed by atoms with Crippen LogP contribution in [0.25, 0.3) is 0 Å². The van der Waals surface area contributed by atoms with E-state index in [1.807, 2.05) is 36.1 Å². The lowest BCUT2D eigenvalue weighted by Crippen LogP contribution is -2.75. The highest BCUT2D eigenvalue weighted by atomic mass is 35.5. The Morgan fingerprint density at radius 2 is 1.73 bits per heavy atom. The standard InChI is InChI=1S/C32H44N4O4.ClH/c1-3-4-18-36-30(38)28(29(37)25-8-6-5-7-9-25)34-31(39)32(36)16-19-35(20-17-32)22-24-11-14-26(15-12-24)40-27-13-10-23(2)33-21-27;/h10-15,21,25,28-29,37H,3-9,16-20,22H2,1-2H3,(H,34,39);1H/t28-,29-;/m1./s1. The number of rotatable bonds is 9. The molecule has 0 unspecified atom stereocenters. The molecule has 9 heteroatoms. The number of ether oxygens (including phenoxy) is 1. The summed E-state index contributed by atoms with van der Waals surface area (Å²) in [6.45, 7) is 6.84. The third-order valence-electron chi connectivity index (χ3n) is 9.10. The smallest absolute Gasteiger partial charge is 0.248 e. The first kappa shape index (κ1) is 31.3. The van der Waals surface area contributed by atoms with Gasteiger partial charge < -0.3 is 20.1 Å². The minimum atomic E-state index is -0.828. The molecule has 5 rings (SSSR count). The lowest BCUT2D eigenvalue weighted by molar-refractivity contribution is -0.166. The molecule has 41 heavy (non-hydrogen) atoms. The van der Waals surface area contributed by atoms with Gasteiger partial charge in [-0.05, 0) is 74.8 Å². The van der Waals surface area contributed by atoms with Gasteiger partial charge in [0.25, 0.3) is 0 Å². The Labute approximate surface area is 250 Å². The number of aliphatic hydroxyl groups excluding tert-OH is 1. The van der Waals surface area contributed by atoms with Gasteiger partial charge in [-0.25, -0.2) is 0 Å². The number of nitrogens with zero attached hydrogens (tertiary/aromatic N) is 3. The van der Waals surface area contributed by atoms with Gasteiger partial charge in [0, 0.05) is 31.9 Å². The number of aliphatic hydroxyl groups is 1. The fourth-order valence-corrected chi connectivity index (χ4v) is 6.61. The van der Waals surface area contributed by atoms with E-state index < -0.39 is 17.7 Å². The first-order valence-electron chi connectivity index (χ1n) is 15.1. The van der Waals surface area contributed by atoms with Crippen LogP contribution in [0.1, 0.15) is 76.0 Å². The van der Waals surface area contributed by atoms with E-state index in [9.17, 15) is 14.7 Å². The Bertz CT molecular complexity index is 1150. The minimum Gasteiger partial charge on any atom is -0.456 e. The van der Waals surface area contributed by atoms with Crippen LogP contribution in [0.3, 0.4) is 0 Å². The summed E-state index contributed by atoms with van der Waals surface area (Å²) < 4.78 is 5.91. The predicted octanol–water partition coefficient (Wildman–Crippen LogP) is 5.01. The second-order valence-electron chi connectivity index (χ2n) is 11.9. The maximum absolute atomic E-state index is 13.8. The summed E-state index contributed by atoms with van der Waals surface area (Å²) in [5.41, 5.74) is 1.30. The molecule has 0 radical (unpaired) electrons. The number of carbonyl (C=O) groups is 2. The Kier molecular flexibility index (Phi) is 10.7. The molecule has 2 saturated heterocycles. The van der Waals surface area contributed by atoms with Gasteiger partial charge in [-0.15, -0.1) is 12.4 Å². The van der Waals surface area contributed by atoms with Gasteiger partial charge >= 0.3 is 0 Å². The normalized spacial score (nSPS) is 22.2. The van der Waals surface area contributed by atoms with Crippen LogP contribution < -0.4 is 10.1 Å². The number of likely N-dealkylation sites (tertiary alicyclic amines) is 1. The minimum absolute atomic E-state index is 0. The highest BCUT2D eigenvalue weighted by molar-refractivity contribution is 6.00. The number of unbranched alkanes of at least 4 members (excludes halogenated alkanes) is 1. The number of amides is 2. The van der Waals surface area contributed by atoms with Crippen molar-refractivity contribution in [2.45, 2.75) is 95.9 Å². The van der Waals surface area contributed by atoms with Crippen LogP contribution in [0.2, 0.25) is 0 Å². The zero-order valence-electron chi connectivity index (χ0n) is 24.4. The first-order chi connectivity index (χ1) is 19.4. The fraction of sp³-hybridized carbons (Fsp3) is 0.594. The van der Waals surface area contributed by atoms with Crippen LogP contribution in [0.4, 0.5) is 0 Å². The average Bonchev–Trinajstić information content (AvgIpc) is 2.98. The molecule has 2 N–H and O–H groups in total. The maximum Gasteiger partial charge on any atom is 0.248 e. The molecule has 3 fully saturated rings. The number of hydrogen-bond acceptors (Lipinski definition) is 6. The lowest BCUT2D eigenvalue weighted by Gasteiger charge is -2.52. The number of nitrogens with one attached hydrogen (secondary N) is 1. The molecule has 2 atom stereocenters. The Balaban J connectivity index is 0.00000387. The van der Waals surface area contributed by atoms with E-state index in [4.69, 9.17) is 4.74 Å². The van der Waals surface area contributed by atoms with Crippen LogP contribution in [0.15, 0.2) is 42.6 Å². The molecule has 1 saturated carbocycles. The van der Waals surface area contributed by atoms with E-state index in [0.717, 1.165) is 69.6 Å². The molecule has 1 aliphatic carbocycles. The molecule has 1 spiro atoms. The molecule has 8 nitrogen and oxygen atoms in total. The van der Waals surface area contributed by atoms with E-state index >= 15 is 0 Å². The fourth-order valence-electron chi connectivity index (χ4n) is 6.61. The van der Waals surface area contributed by atoms with Crippen molar-refractivity contribution in [2.24, 2.45) is 5.92 Å². The molecular formula is C32H45ClN4O4. The molecule has 2 aromatic rings. The number of piperazine rings is 1. The number of carbonyl (C=O) groups excluding carboxylic acids is 2. The molecular weight excluding hydrogens is 540 g/mol. The van der Waals surface area contributed by atoms with E-state index in [1.165, 1.54) is 12.0 Å². The van der Waals surface area contributed by atoms with Gasteiger partial charge in [0.2, 0.25) is 11.8 Å². The van der Waals surface area contributed by atoms with Crippen molar-refractivity contribution in [3.63, 3.8) is 0 Å². The summed E-state index contributed by atoms with van der Waals surface area (Å²) in [7, 11) is 0. The third kappa shape index (κ3) is 7.04. The first-order valence-corrected chi connectivity index (χ1v) is 15.1. The van der Waals surface area contributed by atoms with Gasteiger partial charge in [-0.3, -0.25) is 19.5 Å². The van der Waals surface area contributed by atoms with Crippen LogP contribution in [0.5, 0.6) is 11.5 Å². The zero-order valence-corrected chi connectivity index (χ0v) is 25.2. The van der Waals surface area contributed by atoms with Gasteiger partial charge in [0.1, 0.15) is 23.1 Å². The Morgan fingerprint density at radius 1 is 1.05 bits per heavy atom. The monoisotopic (exact) mass is 584 g/mol. The molecule has 0 bridgehead atoms. The number of piperidine rings is 1. The predicted molar refractivity (Wildman–Crippen MR) is 161 cm³/mol. The van der Waals surface area contributed by atoms with Crippen molar-refractivity contribution >= 4 is 24.2 Å². The second kappa shape index (κ2) is 14.0. The molecule has 224 valence electrons. The van der Waals surface area contributed by atoms with E-state index in [2.05, 4.69) is 34.3 Å². The van der Waals surface area contributed by atoms with Crippen molar-refractivity contribution in [1.29, 1.82) is 0 Å². The molecule has 2 aliphatic heterocycles. The largest absolute Gasteiger partial charge is 0.456 e. The third-order valence-corrected chi connectivity index (χ3v) is 9.10. The van der Waals surface area contributed by atoms with Crippen LogP contribution in [-0.4, -0.2) is 69.0 Å². The Morgan fingerprint density at radius 3 is 2.37 bits per heavy atom. The van der Waals surface area contributed by atoms with Crippen molar-refractivity contribution < 1.29 is 19.4 Å². The zero-order chi connectivity index (χ0) is 28.1. The van der Waals surface area contributed by atoms with Crippen LogP contribution in [0, 0.1) is 12.8 Å². The summed E-state index contributed by atoms with van der Waals surface area (Å²) >= 11 is 0. The number of benzene rings is 1. The molecule has 1 aromatic carbocycles. The Hall–Kier alpha value is -2.68. The topological polar surface area (TPSA) is 95.0 Å². The SMILES string of the molecule is CCCCN1C(=O)[C@@H]([C@H](O)C2CCCCC2)NC(=O)C12CCN(Cc1ccc(Oc3ccc(C)nc3)cc1)CC2.Cl. The van der Waals surface area contributed by atoms with Crippen LogP contribution >= 0.6 is 12.4 Å². The van der Waals surface area contributed by atoms with Crippen molar-refractivity contribution in [2.75, 3.05) is 19.6 Å². The second-order valence-corrected chi connectivity index (χ2v) is 11.9. The summed E-state index contributed by atoms with van der Waals surface area (Å²) in [5, 5.41) is 14.2. The summed E-state index contributed by atoms with van der Waals surface area (Å²) in [5.74, 6) is 1.37. The molecule has 3 aliphatic rings. The number of pyridine rings is 1. The molecule has 3 heterocycles. The summed E-state index contributed by atoms with van der Waals surface area (Å²) in [4.78, 5) is 36.0. The van der Waals surface area contributed by atoms with E-state index in [-0.39, 0.29) is 30.1 Å². The highest BCUT2D eigenvalue weighted by Crippen LogP contribution is 2.36. The summed E-state index contributed by atoms with van der Waals surface area (Å²) in [6, 6.07) is 11.1. The highest BCUT2D eigenvalue weighted by Gasteiger charge is 2.55. The number of hydrogen-bond donors (Lipinski definition) is 2. The van der Waals surface area contributed by atoms with Crippen molar-refractivity contribution in [1.82, 2.24) is 20.1 Å². The summed E-state index contributed by atoms with van der Waals surface area (Å²) in [6.07, 6.45) is 9.09. The van der Waals surface area contributed by atoms with Gasteiger partial charge in [0.15, 0.2) is 0 Å². The maximum atomic E-state index is 13.8. The van der Waals surface area contributed by atoms with Crippen molar-refractivity contribution in [3.05, 3.63) is 53.9 Å². The van der Waals surface area contributed by atoms with Gasteiger partial charge in [0.05, 0.1) is 12.3 Å². The number of aromatic nitrogens is 1. The van der Waals surface area contributed by atoms with Gasteiger partial charge in [-0.2, -0.15) is 0 Å².